The van der Waals surface area contributed by atoms with Crippen LogP contribution in [0, 0.1) is 0 Å². The van der Waals surface area contributed by atoms with Gasteiger partial charge in [-0.2, -0.15) is 0 Å². The molecule has 0 atom stereocenters. The van der Waals surface area contributed by atoms with Crippen LogP contribution in [0.3, 0.4) is 0 Å². The van der Waals surface area contributed by atoms with Gasteiger partial charge in [0, 0.05) is 5.41 Å². The molecule has 8 nitrogen and oxygen atoms in total. The Labute approximate surface area is 161 Å². The van der Waals surface area contributed by atoms with Gasteiger partial charge >= 0.3 is 5.69 Å². The number of hydrogen-bond donors (Lipinski definition) is 1. The Morgan fingerprint density at radius 3 is 2.50 bits per heavy atom. The number of methoxy groups -OCH3 is 1. The van der Waals surface area contributed by atoms with Crippen LogP contribution in [-0.4, -0.2) is 31.3 Å². The van der Waals surface area contributed by atoms with Gasteiger partial charge in [-0.3, -0.25) is 4.57 Å². The standard InChI is InChI=1S/C20H22N6O2/c1-20(2,3)18-24-23-17-16-15(9-13(21)10-22-16)25(19(27)26(17)18)11-12-5-7-14(28-4)8-6-12/h5-10H,11,21H2,1-4H3. The summed E-state index contributed by atoms with van der Waals surface area (Å²) in [6.45, 7) is 6.36. The third-order valence-corrected chi connectivity index (χ3v) is 4.65. The molecule has 3 heterocycles. The van der Waals surface area contributed by atoms with Crippen LogP contribution in [0.25, 0.3) is 16.7 Å². The van der Waals surface area contributed by atoms with Gasteiger partial charge in [0.2, 0.25) is 0 Å². The first-order valence-corrected chi connectivity index (χ1v) is 8.96. The summed E-state index contributed by atoms with van der Waals surface area (Å²) in [6.07, 6.45) is 1.57. The van der Waals surface area contributed by atoms with Crippen LogP contribution < -0.4 is 16.2 Å². The van der Waals surface area contributed by atoms with Crippen LogP contribution in [0.4, 0.5) is 5.69 Å². The molecule has 0 saturated carbocycles. The Balaban J connectivity index is 2.02. The zero-order valence-corrected chi connectivity index (χ0v) is 16.3. The third kappa shape index (κ3) is 2.87. The van der Waals surface area contributed by atoms with Gasteiger partial charge in [0.05, 0.1) is 31.1 Å². The zero-order chi connectivity index (χ0) is 20.1. The van der Waals surface area contributed by atoms with Crippen molar-refractivity contribution >= 4 is 22.4 Å². The Bertz CT molecular complexity index is 1230. The molecule has 4 rings (SSSR count). The van der Waals surface area contributed by atoms with E-state index in [1.54, 1.807) is 28.3 Å². The number of ether oxygens (including phenoxy) is 1. The number of nitrogen functional groups attached to an aromatic ring is 1. The minimum Gasteiger partial charge on any atom is -0.497 e. The minimum atomic E-state index is -0.349. The number of pyridine rings is 1. The van der Waals surface area contributed by atoms with Gasteiger partial charge < -0.3 is 10.5 Å². The van der Waals surface area contributed by atoms with E-state index in [1.807, 2.05) is 45.0 Å². The molecule has 4 aromatic rings. The predicted molar refractivity (Wildman–Crippen MR) is 108 cm³/mol. The van der Waals surface area contributed by atoms with Gasteiger partial charge in [0.15, 0.2) is 5.65 Å². The summed E-state index contributed by atoms with van der Waals surface area (Å²) in [7, 11) is 1.62. The van der Waals surface area contributed by atoms with E-state index in [2.05, 4.69) is 15.2 Å². The molecule has 0 fully saturated rings. The molecule has 28 heavy (non-hydrogen) atoms. The lowest BCUT2D eigenvalue weighted by molar-refractivity contribution is 0.414. The molecule has 144 valence electrons. The smallest absolute Gasteiger partial charge is 0.336 e. The first-order chi connectivity index (χ1) is 13.3. The second-order valence-electron chi connectivity index (χ2n) is 7.79. The molecule has 0 aliphatic heterocycles. The topological polar surface area (TPSA) is 100 Å². The number of fused-ring (bicyclic) bond motifs is 3. The summed E-state index contributed by atoms with van der Waals surface area (Å²) in [4.78, 5) is 17.9. The van der Waals surface area contributed by atoms with Crippen LogP contribution >= 0.6 is 0 Å². The molecular weight excluding hydrogens is 356 g/mol. The number of hydrogen-bond acceptors (Lipinski definition) is 6. The van der Waals surface area contributed by atoms with Crippen LogP contribution in [0.1, 0.15) is 32.2 Å². The van der Waals surface area contributed by atoms with Gasteiger partial charge in [-0.1, -0.05) is 32.9 Å². The maximum atomic E-state index is 13.5. The summed E-state index contributed by atoms with van der Waals surface area (Å²) in [5.41, 5.74) is 8.48. The molecule has 0 aliphatic rings. The van der Waals surface area contributed by atoms with Crippen molar-refractivity contribution in [2.24, 2.45) is 0 Å². The van der Waals surface area contributed by atoms with E-state index in [1.165, 1.54) is 0 Å². The molecule has 0 radical (unpaired) electrons. The first-order valence-electron chi connectivity index (χ1n) is 8.96. The molecule has 0 saturated heterocycles. The van der Waals surface area contributed by atoms with Gasteiger partial charge in [0.1, 0.15) is 17.1 Å². The van der Waals surface area contributed by atoms with Crippen molar-refractivity contribution in [2.45, 2.75) is 32.7 Å². The number of nitrogens with zero attached hydrogens (tertiary/aromatic N) is 5. The van der Waals surface area contributed by atoms with Gasteiger partial charge in [0.25, 0.3) is 0 Å². The van der Waals surface area contributed by atoms with Crippen molar-refractivity contribution in [3.63, 3.8) is 0 Å². The average Bonchev–Trinajstić information content (AvgIpc) is 3.11. The van der Waals surface area contributed by atoms with Crippen molar-refractivity contribution in [2.75, 3.05) is 12.8 Å². The second-order valence-corrected chi connectivity index (χ2v) is 7.79. The van der Waals surface area contributed by atoms with Gasteiger partial charge in [-0.25, -0.2) is 14.2 Å². The predicted octanol–water partition coefficient (Wildman–Crippen LogP) is 2.38. The first kappa shape index (κ1) is 18.0. The average molecular weight is 378 g/mol. The molecule has 0 aliphatic carbocycles. The van der Waals surface area contributed by atoms with E-state index in [-0.39, 0.29) is 11.1 Å². The summed E-state index contributed by atoms with van der Waals surface area (Å²) in [5.74, 6) is 1.35. The van der Waals surface area contributed by atoms with Crippen molar-refractivity contribution in [1.29, 1.82) is 0 Å². The quantitative estimate of drug-likeness (QED) is 0.587. The highest BCUT2D eigenvalue weighted by atomic mass is 16.5. The molecule has 2 N–H and O–H groups in total. The Morgan fingerprint density at radius 1 is 1.14 bits per heavy atom. The van der Waals surface area contributed by atoms with E-state index < -0.39 is 0 Å². The van der Waals surface area contributed by atoms with Crippen LogP contribution in [-0.2, 0) is 12.0 Å². The van der Waals surface area contributed by atoms with E-state index in [0.29, 0.717) is 34.7 Å². The lowest BCUT2D eigenvalue weighted by atomic mass is 9.96. The van der Waals surface area contributed by atoms with E-state index >= 15 is 0 Å². The molecule has 1 aromatic carbocycles. The SMILES string of the molecule is COc1ccc(Cn2c(=O)n3c(C(C)(C)C)nnc3c3ncc(N)cc32)cc1. The van der Waals surface area contributed by atoms with Crippen molar-refractivity contribution in [3.05, 3.63) is 58.4 Å². The fraction of sp³-hybridized carbons (Fsp3) is 0.300. The normalized spacial score (nSPS) is 12.0. The van der Waals surface area contributed by atoms with Crippen LogP contribution in [0.2, 0.25) is 0 Å². The summed E-state index contributed by atoms with van der Waals surface area (Å²) >= 11 is 0. The highest BCUT2D eigenvalue weighted by Crippen LogP contribution is 2.24. The van der Waals surface area contributed by atoms with Crippen molar-refractivity contribution in [1.82, 2.24) is 24.1 Å². The zero-order valence-electron chi connectivity index (χ0n) is 16.3. The second kappa shape index (κ2) is 6.33. The highest BCUT2D eigenvalue weighted by Gasteiger charge is 2.25. The molecule has 3 aromatic heterocycles. The van der Waals surface area contributed by atoms with Gasteiger partial charge in [-0.15, -0.1) is 10.2 Å². The Hall–Kier alpha value is -3.42. The van der Waals surface area contributed by atoms with E-state index in [9.17, 15) is 4.79 Å². The Morgan fingerprint density at radius 2 is 1.86 bits per heavy atom. The third-order valence-electron chi connectivity index (χ3n) is 4.65. The fourth-order valence-corrected chi connectivity index (χ4v) is 3.24. The number of benzene rings is 1. The molecule has 0 spiro atoms. The van der Waals surface area contributed by atoms with Crippen LogP contribution in [0.5, 0.6) is 5.75 Å². The van der Waals surface area contributed by atoms with E-state index in [0.717, 1.165) is 11.3 Å². The lowest BCUT2D eigenvalue weighted by Crippen LogP contribution is -2.31. The van der Waals surface area contributed by atoms with Crippen molar-refractivity contribution in [3.8, 4) is 5.75 Å². The number of nitrogens with two attached hydrogens (primary N) is 1. The number of aromatic nitrogens is 5. The van der Waals surface area contributed by atoms with E-state index in [4.69, 9.17) is 10.5 Å². The summed E-state index contributed by atoms with van der Waals surface area (Å²) in [5, 5.41) is 8.54. The minimum absolute atomic E-state index is 0.222. The molecular formula is C20H22N6O2. The van der Waals surface area contributed by atoms with Gasteiger partial charge in [-0.05, 0) is 23.8 Å². The fourth-order valence-electron chi connectivity index (χ4n) is 3.24. The molecule has 0 unspecified atom stereocenters. The maximum absolute atomic E-state index is 13.5. The molecule has 0 bridgehead atoms. The number of rotatable bonds is 3. The molecule has 8 heteroatoms. The highest BCUT2D eigenvalue weighted by molar-refractivity contribution is 5.89. The van der Waals surface area contributed by atoms with Crippen molar-refractivity contribution < 1.29 is 4.74 Å². The molecule has 0 amide bonds. The Kier molecular flexibility index (Phi) is 4.06. The monoisotopic (exact) mass is 378 g/mol. The van der Waals surface area contributed by atoms with Crippen LogP contribution in [0.15, 0.2) is 41.3 Å². The number of anilines is 1. The summed E-state index contributed by atoms with van der Waals surface area (Å²) in [6, 6.07) is 9.34. The maximum Gasteiger partial charge on any atom is 0.336 e. The largest absolute Gasteiger partial charge is 0.497 e. The lowest BCUT2D eigenvalue weighted by Gasteiger charge is -2.17. The summed E-state index contributed by atoms with van der Waals surface area (Å²) < 4.78 is 8.42.